The molecule has 1 unspecified atom stereocenters. The van der Waals surface area contributed by atoms with Crippen LogP contribution in [0.4, 0.5) is 0 Å². The second-order valence-electron chi connectivity index (χ2n) is 4.69. The Bertz CT molecular complexity index is 579. The average molecular weight is 321 g/mol. The molecule has 0 aromatic carbocycles. The van der Waals surface area contributed by atoms with Gasteiger partial charge < -0.3 is 5.32 Å². The van der Waals surface area contributed by atoms with E-state index >= 15 is 0 Å². The van der Waals surface area contributed by atoms with Gasteiger partial charge in [-0.15, -0.1) is 23.1 Å². The third-order valence-corrected chi connectivity index (χ3v) is 5.30. The molecular weight excluding hydrogens is 302 g/mol. The second kappa shape index (κ2) is 7.56. The van der Waals surface area contributed by atoms with E-state index in [1.54, 1.807) is 23.7 Å². The zero-order valence-corrected chi connectivity index (χ0v) is 14.1. The third kappa shape index (κ3) is 4.54. The summed E-state index contributed by atoms with van der Waals surface area (Å²) < 4.78 is 0. The summed E-state index contributed by atoms with van der Waals surface area (Å²) in [5.74, 6) is 0.443. The standard InChI is InChI=1S/C15H19N3OS2/c1-4-13(15-17-10(2)11(3)21-15)18-14(19)9-20-12-5-7-16-8-6-12/h5-8,13H,4,9H2,1-3H3,(H,18,19). The monoisotopic (exact) mass is 321 g/mol. The molecule has 0 aliphatic heterocycles. The van der Waals surface area contributed by atoms with Gasteiger partial charge >= 0.3 is 0 Å². The first-order valence-corrected chi connectivity index (χ1v) is 8.66. The Morgan fingerprint density at radius 3 is 2.67 bits per heavy atom. The number of hydrogen-bond acceptors (Lipinski definition) is 5. The summed E-state index contributed by atoms with van der Waals surface area (Å²) in [5.41, 5.74) is 1.05. The van der Waals surface area contributed by atoms with Gasteiger partial charge in [-0.3, -0.25) is 9.78 Å². The van der Waals surface area contributed by atoms with Crippen LogP contribution in [0.3, 0.4) is 0 Å². The van der Waals surface area contributed by atoms with Gasteiger partial charge in [0.15, 0.2) is 0 Å². The van der Waals surface area contributed by atoms with Crippen molar-refractivity contribution in [3.05, 3.63) is 40.1 Å². The maximum absolute atomic E-state index is 12.1. The summed E-state index contributed by atoms with van der Waals surface area (Å²) in [5, 5.41) is 4.06. The minimum atomic E-state index is 0.00735. The fraction of sp³-hybridized carbons (Fsp3) is 0.400. The lowest BCUT2D eigenvalue weighted by atomic mass is 10.2. The smallest absolute Gasteiger partial charge is 0.230 e. The Kier molecular flexibility index (Phi) is 5.76. The largest absolute Gasteiger partial charge is 0.346 e. The van der Waals surface area contributed by atoms with Gasteiger partial charge in [-0.05, 0) is 32.4 Å². The van der Waals surface area contributed by atoms with E-state index in [4.69, 9.17) is 0 Å². The molecule has 0 spiro atoms. The van der Waals surface area contributed by atoms with Crippen molar-refractivity contribution in [1.82, 2.24) is 15.3 Å². The number of rotatable bonds is 6. The molecule has 0 saturated heterocycles. The van der Waals surface area contributed by atoms with Crippen LogP contribution in [0, 0.1) is 13.8 Å². The summed E-state index contributed by atoms with van der Waals surface area (Å²) in [7, 11) is 0. The van der Waals surface area contributed by atoms with E-state index in [1.807, 2.05) is 19.1 Å². The van der Waals surface area contributed by atoms with E-state index in [-0.39, 0.29) is 11.9 Å². The Labute approximate surface area is 133 Å². The van der Waals surface area contributed by atoms with Gasteiger partial charge in [-0.25, -0.2) is 4.98 Å². The maximum atomic E-state index is 12.1. The third-order valence-electron chi connectivity index (χ3n) is 3.11. The molecule has 0 aliphatic carbocycles. The first kappa shape index (κ1) is 16.0. The predicted octanol–water partition coefficient (Wildman–Crippen LogP) is 3.51. The van der Waals surface area contributed by atoms with E-state index in [9.17, 15) is 4.79 Å². The molecule has 2 aromatic heterocycles. The van der Waals surface area contributed by atoms with Gasteiger partial charge in [0, 0.05) is 22.2 Å². The normalized spacial score (nSPS) is 12.1. The number of thiazole rings is 1. The Hall–Kier alpha value is -1.40. The summed E-state index contributed by atoms with van der Waals surface area (Å²) in [6.45, 7) is 6.13. The van der Waals surface area contributed by atoms with Gasteiger partial charge in [0.2, 0.25) is 5.91 Å². The zero-order valence-electron chi connectivity index (χ0n) is 12.4. The van der Waals surface area contributed by atoms with Crippen molar-refractivity contribution in [2.75, 3.05) is 5.75 Å². The first-order valence-electron chi connectivity index (χ1n) is 6.86. The number of aryl methyl sites for hydroxylation is 2. The second-order valence-corrected chi connectivity index (χ2v) is 6.98. The van der Waals surface area contributed by atoms with Crippen LogP contribution in [-0.2, 0) is 4.79 Å². The Morgan fingerprint density at radius 2 is 2.10 bits per heavy atom. The van der Waals surface area contributed by atoms with E-state index in [1.165, 1.54) is 16.6 Å². The van der Waals surface area contributed by atoms with Crippen LogP contribution in [0.5, 0.6) is 0 Å². The van der Waals surface area contributed by atoms with Crippen molar-refractivity contribution in [3.63, 3.8) is 0 Å². The molecule has 2 heterocycles. The van der Waals surface area contributed by atoms with Crippen molar-refractivity contribution < 1.29 is 4.79 Å². The Balaban J connectivity index is 1.91. The number of nitrogens with one attached hydrogen (secondary N) is 1. The molecule has 1 atom stereocenters. The molecular formula is C15H19N3OS2. The van der Waals surface area contributed by atoms with E-state index in [0.717, 1.165) is 22.0 Å². The molecule has 21 heavy (non-hydrogen) atoms. The number of carbonyl (C=O) groups is 1. The molecule has 0 radical (unpaired) electrons. The molecule has 0 bridgehead atoms. The fourth-order valence-corrected chi connectivity index (χ4v) is 3.56. The summed E-state index contributed by atoms with van der Waals surface area (Å²) in [6, 6.07) is 3.82. The highest BCUT2D eigenvalue weighted by Crippen LogP contribution is 2.25. The van der Waals surface area contributed by atoms with Crippen LogP contribution in [-0.4, -0.2) is 21.6 Å². The van der Waals surface area contributed by atoms with Crippen molar-refractivity contribution in [3.8, 4) is 0 Å². The number of thioether (sulfide) groups is 1. The Morgan fingerprint density at radius 1 is 1.38 bits per heavy atom. The van der Waals surface area contributed by atoms with Crippen LogP contribution < -0.4 is 5.32 Å². The minimum absolute atomic E-state index is 0.00735. The predicted molar refractivity (Wildman–Crippen MR) is 87.7 cm³/mol. The molecule has 0 fully saturated rings. The highest BCUT2D eigenvalue weighted by atomic mass is 32.2. The number of nitrogens with zero attached hydrogens (tertiary/aromatic N) is 2. The van der Waals surface area contributed by atoms with Crippen LogP contribution in [0.15, 0.2) is 29.4 Å². The number of amides is 1. The number of pyridine rings is 1. The van der Waals surface area contributed by atoms with Crippen molar-refractivity contribution in [2.45, 2.75) is 38.1 Å². The van der Waals surface area contributed by atoms with Crippen molar-refractivity contribution in [2.24, 2.45) is 0 Å². The van der Waals surface area contributed by atoms with Crippen LogP contribution in [0.25, 0.3) is 0 Å². The van der Waals surface area contributed by atoms with Gasteiger partial charge in [0.05, 0.1) is 17.5 Å². The number of carbonyl (C=O) groups excluding carboxylic acids is 1. The SMILES string of the molecule is CCC(NC(=O)CSc1ccncc1)c1nc(C)c(C)s1. The number of hydrogen-bond donors (Lipinski definition) is 1. The molecule has 2 rings (SSSR count). The average Bonchev–Trinajstić information content (AvgIpc) is 2.83. The quantitative estimate of drug-likeness (QED) is 0.827. The van der Waals surface area contributed by atoms with Gasteiger partial charge in [-0.1, -0.05) is 6.92 Å². The van der Waals surface area contributed by atoms with E-state index in [2.05, 4.69) is 29.1 Å². The summed E-state index contributed by atoms with van der Waals surface area (Å²) in [6.07, 6.45) is 4.31. The van der Waals surface area contributed by atoms with Crippen LogP contribution in [0.2, 0.25) is 0 Å². The molecule has 1 amide bonds. The lowest BCUT2D eigenvalue weighted by Crippen LogP contribution is -2.29. The molecule has 0 saturated carbocycles. The fourth-order valence-electron chi connectivity index (χ4n) is 1.80. The van der Waals surface area contributed by atoms with Crippen molar-refractivity contribution >= 4 is 29.0 Å². The molecule has 2 aromatic rings. The number of aromatic nitrogens is 2. The lowest BCUT2D eigenvalue weighted by molar-refractivity contribution is -0.119. The maximum Gasteiger partial charge on any atom is 0.230 e. The minimum Gasteiger partial charge on any atom is -0.346 e. The van der Waals surface area contributed by atoms with Gasteiger partial charge in [0.1, 0.15) is 5.01 Å². The van der Waals surface area contributed by atoms with Crippen LogP contribution >= 0.6 is 23.1 Å². The van der Waals surface area contributed by atoms with E-state index < -0.39 is 0 Å². The molecule has 112 valence electrons. The zero-order chi connectivity index (χ0) is 15.2. The molecule has 0 aliphatic rings. The van der Waals surface area contributed by atoms with Gasteiger partial charge in [0.25, 0.3) is 0 Å². The summed E-state index contributed by atoms with van der Waals surface area (Å²) in [4.78, 5) is 22.8. The van der Waals surface area contributed by atoms with Crippen molar-refractivity contribution in [1.29, 1.82) is 0 Å². The molecule has 4 nitrogen and oxygen atoms in total. The van der Waals surface area contributed by atoms with Crippen LogP contribution in [0.1, 0.15) is 35.0 Å². The highest BCUT2D eigenvalue weighted by Gasteiger charge is 2.17. The topological polar surface area (TPSA) is 54.9 Å². The molecule has 1 N–H and O–H groups in total. The lowest BCUT2D eigenvalue weighted by Gasteiger charge is -2.14. The summed E-state index contributed by atoms with van der Waals surface area (Å²) >= 11 is 3.18. The van der Waals surface area contributed by atoms with Gasteiger partial charge in [-0.2, -0.15) is 0 Å². The first-order chi connectivity index (χ1) is 10.1. The van der Waals surface area contributed by atoms with E-state index in [0.29, 0.717) is 5.75 Å². The highest BCUT2D eigenvalue weighted by molar-refractivity contribution is 8.00. The molecule has 6 heteroatoms.